The monoisotopic (exact) mass is 203 g/mol. The fourth-order valence-corrected chi connectivity index (χ4v) is 1.94. The molecule has 1 aliphatic carbocycles. The molecule has 0 aromatic rings. The molecule has 0 heterocycles. The Morgan fingerprint density at radius 1 is 1.21 bits per heavy atom. The summed E-state index contributed by atoms with van der Waals surface area (Å²) in [6.45, 7) is -2.48. The Balaban J connectivity index is 2.13. The first-order chi connectivity index (χ1) is 6.72. The Labute approximate surface area is 82.9 Å². The topological polar surface area (TPSA) is 33.0 Å². The minimum absolute atomic E-state index is 0.164. The highest BCUT2D eigenvalue weighted by atomic mass is 19.3. The summed E-state index contributed by atoms with van der Waals surface area (Å²) in [7, 11) is 0. The number of ether oxygens (including phenoxy) is 1. The van der Waals surface area contributed by atoms with E-state index in [0.29, 0.717) is 12.3 Å². The number of hydrogen-bond acceptors (Lipinski definition) is 2. The molecule has 1 rings (SSSR count). The quantitative estimate of drug-likeness (QED) is 0.703. The SMILES string of the molecule is N#CCC1CCC(COC(F)F)CC1. The van der Waals surface area contributed by atoms with Crippen molar-refractivity contribution < 1.29 is 13.5 Å². The summed E-state index contributed by atoms with van der Waals surface area (Å²) in [5, 5.41) is 8.49. The molecule has 80 valence electrons. The van der Waals surface area contributed by atoms with Gasteiger partial charge in [-0.05, 0) is 37.5 Å². The van der Waals surface area contributed by atoms with Crippen molar-refractivity contribution in [3.8, 4) is 6.07 Å². The molecule has 0 aromatic carbocycles. The lowest BCUT2D eigenvalue weighted by molar-refractivity contribution is -0.140. The number of halogens is 2. The lowest BCUT2D eigenvalue weighted by Gasteiger charge is -2.26. The molecule has 2 nitrogen and oxygen atoms in total. The largest absolute Gasteiger partial charge is 0.345 e. The summed E-state index contributed by atoms with van der Waals surface area (Å²) < 4.78 is 27.7. The molecule has 0 aromatic heterocycles. The first-order valence-electron chi connectivity index (χ1n) is 4.99. The zero-order valence-corrected chi connectivity index (χ0v) is 8.09. The van der Waals surface area contributed by atoms with Gasteiger partial charge >= 0.3 is 6.61 Å². The molecule has 14 heavy (non-hydrogen) atoms. The van der Waals surface area contributed by atoms with Crippen LogP contribution in [0.4, 0.5) is 8.78 Å². The third kappa shape index (κ3) is 4.01. The Morgan fingerprint density at radius 3 is 2.29 bits per heavy atom. The van der Waals surface area contributed by atoms with E-state index in [0.717, 1.165) is 25.7 Å². The predicted molar refractivity (Wildman–Crippen MR) is 47.6 cm³/mol. The maximum absolute atomic E-state index is 11.7. The van der Waals surface area contributed by atoms with E-state index in [9.17, 15) is 8.78 Å². The molecule has 0 atom stereocenters. The van der Waals surface area contributed by atoms with Crippen LogP contribution in [-0.2, 0) is 4.74 Å². The van der Waals surface area contributed by atoms with Gasteiger partial charge in [0.25, 0.3) is 0 Å². The van der Waals surface area contributed by atoms with Gasteiger partial charge in [-0.15, -0.1) is 0 Å². The first kappa shape index (κ1) is 11.4. The van der Waals surface area contributed by atoms with Gasteiger partial charge in [0.2, 0.25) is 0 Å². The number of hydrogen-bond donors (Lipinski definition) is 0. The number of alkyl halides is 2. The van der Waals surface area contributed by atoms with Crippen LogP contribution in [0.2, 0.25) is 0 Å². The van der Waals surface area contributed by atoms with Crippen molar-refractivity contribution in [1.29, 1.82) is 5.26 Å². The molecular formula is C10H15F2NO. The third-order valence-corrected chi connectivity index (χ3v) is 2.80. The zero-order chi connectivity index (χ0) is 10.4. The smallest absolute Gasteiger partial charge is 0.323 e. The van der Waals surface area contributed by atoms with E-state index in [4.69, 9.17) is 5.26 Å². The molecule has 0 unspecified atom stereocenters. The second-order valence-corrected chi connectivity index (χ2v) is 3.84. The summed E-state index contributed by atoms with van der Waals surface area (Å²) in [6.07, 6.45) is 4.39. The minimum atomic E-state index is -2.65. The highest BCUT2D eigenvalue weighted by Crippen LogP contribution is 2.30. The van der Waals surface area contributed by atoms with Crippen molar-refractivity contribution in [3.05, 3.63) is 0 Å². The van der Waals surface area contributed by atoms with Crippen molar-refractivity contribution >= 4 is 0 Å². The Kier molecular flexibility index (Phi) is 4.81. The van der Waals surface area contributed by atoms with Gasteiger partial charge in [0.15, 0.2) is 0 Å². The van der Waals surface area contributed by atoms with Crippen molar-refractivity contribution in [3.63, 3.8) is 0 Å². The molecule has 0 radical (unpaired) electrons. The van der Waals surface area contributed by atoms with Crippen LogP contribution < -0.4 is 0 Å². The van der Waals surface area contributed by atoms with E-state index < -0.39 is 6.61 Å². The summed E-state index contributed by atoms with van der Waals surface area (Å²) in [4.78, 5) is 0. The molecule has 0 bridgehead atoms. The van der Waals surface area contributed by atoms with Gasteiger partial charge < -0.3 is 4.74 Å². The average molecular weight is 203 g/mol. The predicted octanol–water partition coefficient (Wildman–Crippen LogP) is 2.95. The van der Waals surface area contributed by atoms with Crippen molar-refractivity contribution in [1.82, 2.24) is 0 Å². The summed E-state index contributed by atoms with van der Waals surface area (Å²) in [6, 6.07) is 2.15. The average Bonchev–Trinajstić information content (AvgIpc) is 2.17. The molecule has 1 saturated carbocycles. The second kappa shape index (κ2) is 5.92. The van der Waals surface area contributed by atoms with Gasteiger partial charge in [-0.1, -0.05) is 0 Å². The van der Waals surface area contributed by atoms with E-state index in [2.05, 4.69) is 10.8 Å². The van der Waals surface area contributed by atoms with E-state index >= 15 is 0 Å². The van der Waals surface area contributed by atoms with Crippen LogP contribution in [0.5, 0.6) is 0 Å². The van der Waals surface area contributed by atoms with E-state index in [-0.39, 0.29) is 12.5 Å². The molecule has 0 spiro atoms. The first-order valence-corrected chi connectivity index (χ1v) is 4.99. The molecule has 1 aliphatic rings. The van der Waals surface area contributed by atoms with Gasteiger partial charge in [-0.3, -0.25) is 0 Å². The second-order valence-electron chi connectivity index (χ2n) is 3.84. The van der Waals surface area contributed by atoms with Gasteiger partial charge in [-0.2, -0.15) is 14.0 Å². The van der Waals surface area contributed by atoms with Gasteiger partial charge in [0, 0.05) is 6.42 Å². The number of nitrogens with zero attached hydrogens (tertiary/aromatic N) is 1. The maximum atomic E-state index is 11.7. The Morgan fingerprint density at radius 2 is 1.79 bits per heavy atom. The molecule has 0 saturated heterocycles. The minimum Gasteiger partial charge on any atom is -0.323 e. The van der Waals surface area contributed by atoms with Crippen LogP contribution in [-0.4, -0.2) is 13.2 Å². The number of rotatable bonds is 4. The highest BCUT2D eigenvalue weighted by Gasteiger charge is 2.21. The van der Waals surface area contributed by atoms with Crippen LogP contribution >= 0.6 is 0 Å². The fraction of sp³-hybridized carbons (Fsp3) is 0.900. The molecule has 0 N–H and O–H groups in total. The molecule has 0 aliphatic heterocycles. The van der Waals surface area contributed by atoms with Gasteiger partial charge in [0.05, 0.1) is 12.7 Å². The van der Waals surface area contributed by atoms with E-state index in [1.165, 1.54) is 0 Å². The Hall–Kier alpha value is -0.690. The number of nitriles is 1. The van der Waals surface area contributed by atoms with Gasteiger partial charge in [-0.25, -0.2) is 0 Å². The lowest BCUT2D eigenvalue weighted by Crippen LogP contribution is -2.19. The van der Waals surface area contributed by atoms with Crippen molar-refractivity contribution in [2.75, 3.05) is 6.61 Å². The summed E-state index contributed by atoms with van der Waals surface area (Å²) in [5.74, 6) is 0.738. The highest BCUT2D eigenvalue weighted by molar-refractivity contribution is 4.80. The van der Waals surface area contributed by atoms with Crippen LogP contribution in [0, 0.1) is 23.2 Å². The third-order valence-electron chi connectivity index (χ3n) is 2.80. The van der Waals surface area contributed by atoms with Crippen LogP contribution in [0.25, 0.3) is 0 Å². The molecule has 4 heteroatoms. The lowest BCUT2D eigenvalue weighted by atomic mass is 9.81. The zero-order valence-electron chi connectivity index (χ0n) is 8.09. The fourth-order valence-electron chi connectivity index (χ4n) is 1.94. The standard InChI is InChI=1S/C10H15F2NO/c11-10(12)14-7-9-3-1-8(2-4-9)5-6-13/h8-10H,1-5,7H2. The van der Waals surface area contributed by atoms with Crippen molar-refractivity contribution in [2.24, 2.45) is 11.8 Å². The normalized spacial score (nSPS) is 27.6. The van der Waals surface area contributed by atoms with Crippen LogP contribution in [0.1, 0.15) is 32.1 Å². The Bertz CT molecular complexity index is 195. The van der Waals surface area contributed by atoms with Crippen LogP contribution in [0.3, 0.4) is 0 Å². The maximum Gasteiger partial charge on any atom is 0.345 e. The molecular weight excluding hydrogens is 188 g/mol. The van der Waals surface area contributed by atoms with Crippen molar-refractivity contribution in [2.45, 2.75) is 38.7 Å². The van der Waals surface area contributed by atoms with E-state index in [1.807, 2.05) is 0 Å². The summed E-state index contributed by atoms with van der Waals surface area (Å²) in [5.41, 5.74) is 0. The summed E-state index contributed by atoms with van der Waals surface area (Å²) >= 11 is 0. The van der Waals surface area contributed by atoms with Crippen LogP contribution in [0.15, 0.2) is 0 Å². The molecule has 1 fully saturated rings. The molecule has 0 amide bonds. The van der Waals surface area contributed by atoms with Gasteiger partial charge in [0.1, 0.15) is 0 Å². The van der Waals surface area contributed by atoms with E-state index in [1.54, 1.807) is 0 Å².